The molecule has 4 aromatic heterocycles. The van der Waals surface area contributed by atoms with E-state index in [1.54, 1.807) is 17.6 Å². The normalized spacial score (nSPS) is 13.6. The molecule has 1 aliphatic rings. The highest BCUT2D eigenvalue weighted by molar-refractivity contribution is 7.98. The van der Waals surface area contributed by atoms with E-state index in [1.165, 1.54) is 22.2 Å². The van der Waals surface area contributed by atoms with Crippen molar-refractivity contribution in [2.75, 3.05) is 0 Å². The fourth-order valence-electron chi connectivity index (χ4n) is 3.31. The molecule has 0 amide bonds. The Bertz CT molecular complexity index is 1160. The van der Waals surface area contributed by atoms with Crippen molar-refractivity contribution in [1.29, 1.82) is 0 Å². The van der Waals surface area contributed by atoms with E-state index >= 15 is 0 Å². The summed E-state index contributed by atoms with van der Waals surface area (Å²) in [6.45, 7) is 0. The van der Waals surface area contributed by atoms with Crippen molar-refractivity contribution in [2.45, 2.75) is 30.2 Å². The summed E-state index contributed by atoms with van der Waals surface area (Å²) in [6, 6.07) is 3.67. The van der Waals surface area contributed by atoms with E-state index in [0.717, 1.165) is 34.6 Å². The van der Waals surface area contributed by atoms with Gasteiger partial charge in [-0.25, -0.2) is 4.98 Å². The van der Waals surface area contributed by atoms with Crippen LogP contribution in [0.1, 0.15) is 22.7 Å². The third-order valence-corrected chi connectivity index (χ3v) is 6.76. The molecule has 0 aliphatic heterocycles. The fourth-order valence-corrected chi connectivity index (χ4v) is 5.37. The molecule has 4 heterocycles. The summed E-state index contributed by atoms with van der Waals surface area (Å²) in [6.07, 6.45) is 4.80. The van der Waals surface area contributed by atoms with Crippen molar-refractivity contribution < 1.29 is 4.42 Å². The number of hydrogen-bond donors (Lipinski definition) is 1. The average molecular weight is 385 g/mol. The van der Waals surface area contributed by atoms with E-state index in [4.69, 9.17) is 4.42 Å². The van der Waals surface area contributed by atoms with E-state index in [9.17, 15) is 4.79 Å². The van der Waals surface area contributed by atoms with Gasteiger partial charge < -0.3 is 14.0 Å². The molecule has 0 bridgehead atoms. The molecule has 0 saturated carbocycles. The molecular formula is C17H15N5O2S2. The van der Waals surface area contributed by atoms with Crippen molar-refractivity contribution >= 4 is 33.3 Å². The van der Waals surface area contributed by atoms with Crippen molar-refractivity contribution in [3.8, 4) is 11.6 Å². The monoisotopic (exact) mass is 385 g/mol. The number of H-pyrrole nitrogens is 1. The smallest absolute Gasteiger partial charge is 0.259 e. The Morgan fingerprint density at radius 3 is 3.15 bits per heavy atom. The molecule has 0 radical (unpaired) electrons. The second kappa shape index (κ2) is 6.10. The van der Waals surface area contributed by atoms with Gasteiger partial charge in [-0.05, 0) is 37.0 Å². The molecule has 1 aliphatic carbocycles. The van der Waals surface area contributed by atoms with Crippen LogP contribution in [0.15, 0.2) is 32.8 Å². The number of rotatable bonds is 4. The zero-order valence-corrected chi connectivity index (χ0v) is 15.6. The quantitative estimate of drug-likeness (QED) is 0.543. The van der Waals surface area contributed by atoms with Crippen LogP contribution in [0, 0.1) is 0 Å². The van der Waals surface area contributed by atoms with Gasteiger partial charge in [0.25, 0.3) is 5.56 Å². The SMILES string of the molecule is Cn1c(SCc2nc3sc4c(c3c(=O)[nH]2)CCC4)nnc1-c1ccco1. The van der Waals surface area contributed by atoms with E-state index in [0.29, 0.717) is 23.2 Å². The van der Waals surface area contributed by atoms with Crippen LogP contribution in [0.4, 0.5) is 0 Å². The summed E-state index contributed by atoms with van der Waals surface area (Å²) < 4.78 is 7.25. The summed E-state index contributed by atoms with van der Waals surface area (Å²) in [5, 5.41) is 9.92. The molecule has 0 fully saturated rings. The predicted octanol–water partition coefficient (Wildman–Crippen LogP) is 3.15. The van der Waals surface area contributed by atoms with Gasteiger partial charge in [-0.15, -0.1) is 21.5 Å². The molecule has 0 aromatic carbocycles. The van der Waals surface area contributed by atoms with Crippen LogP contribution in [0.5, 0.6) is 0 Å². The summed E-state index contributed by atoms with van der Waals surface area (Å²) in [5.41, 5.74) is 1.17. The number of nitrogens with zero attached hydrogens (tertiary/aromatic N) is 4. The molecule has 132 valence electrons. The molecule has 9 heteroatoms. The highest BCUT2D eigenvalue weighted by Gasteiger charge is 2.21. The van der Waals surface area contributed by atoms with Crippen molar-refractivity contribution in [3.63, 3.8) is 0 Å². The summed E-state index contributed by atoms with van der Waals surface area (Å²) in [7, 11) is 1.89. The largest absolute Gasteiger partial charge is 0.461 e. The van der Waals surface area contributed by atoms with E-state index < -0.39 is 0 Å². The Morgan fingerprint density at radius 2 is 2.31 bits per heavy atom. The van der Waals surface area contributed by atoms with Gasteiger partial charge in [0, 0.05) is 11.9 Å². The molecule has 0 saturated heterocycles. The maximum atomic E-state index is 12.5. The number of hydrogen-bond acceptors (Lipinski definition) is 7. The molecular weight excluding hydrogens is 370 g/mol. The molecule has 26 heavy (non-hydrogen) atoms. The number of aromatic amines is 1. The Kier molecular flexibility index (Phi) is 3.71. The highest BCUT2D eigenvalue weighted by Crippen LogP contribution is 2.34. The fraction of sp³-hybridized carbons (Fsp3) is 0.294. The minimum atomic E-state index is -0.0285. The van der Waals surface area contributed by atoms with Crippen LogP contribution in [-0.2, 0) is 25.6 Å². The second-order valence-corrected chi connectivity index (χ2v) is 8.21. The first-order valence-electron chi connectivity index (χ1n) is 8.30. The number of aromatic nitrogens is 5. The average Bonchev–Trinajstić information content (AvgIpc) is 3.36. The first-order valence-corrected chi connectivity index (χ1v) is 10.1. The van der Waals surface area contributed by atoms with Gasteiger partial charge in [0.15, 0.2) is 16.7 Å². The van der Waals surface area contributed by atoms with Crippen LogP contribution in [0.2, 0.25) is 0 Å². The number of thioether (sulfide) groups is 1. The lowest BCUT2D eigenvalue weighted by Crippen LogP contribution is -2.11. The predicted molar refractivity (Wildman–Crippen MR) is 101 cm³/mol. The number of furan rings is 1. The third-order valence-electron chi connectivity index (χ3n) is 4.54. The van der Waals surface area contributed by atoms with Gasteiger partial charge in [-0.1, -0.05) is 11.8 Å². The van der Waals surface area contributed by atoms with Gasteiger partial charge in [0.1, 0.15) is 10.7 Å². The molecule has 0 unspecified atom stereocenters. The van der Waals surface area contributed by atoms with E-state index in [-0.39, 0.29) is 5.56 Å². The molecule has 5 rings (SSSR count). The maximum absolute atomic E-state index is 12.5. The topological polar surface area (TPSA) is 89.6 Å². The first kappa shape index (κ1) is 15.8. The van der Waals surface area contributed by atoms with Crippen molar-refractivity contribution in [2.24, 2.45) is 7.05 Å². The molecule has 4 aromatic rings. The molecule has 0 atom stereocenters. The summed E-state index contributed by atoms with van der Waals surface area (Å²) in [4.78, 5) is 22.3. The van der Waals surface area contributed by atoms with Crippen molar-refractivity contribution in [1.82, 2.24) is 24.7 Å². The Labute approximate surface area is 156 Å². The highest BCUT2D eigenvalue weighted by atomic mass is 32.2. The standard InChI is InChI=1S/C17H15N5O2S2/c1-22-14(10-5-3-7-24-10)20-21-17(22)25-8-12-18-15(23)13-9-4-2-6-11(9)26-16(13)19-12/h3,5,7H,2,4,6,8H2,1H3,(H,18,19,23). The van der Waals surface area contributed by atoms with Gasteiger partial charge in [0.2, 0.25) is 0 Å². The first-order chi connectivity index (χ1) is 12.7. The molecule has 0 spiro atoms. The van der Waals surface area contributed by atoms with E-state index in [2.05, 4.69) is 20.2 Å². The van der Waals surface area contributed by atoms with Crippen molar-refractivity contribution in [3.05, 3.63) is 45.0 Å². The van der Waals surface area contributed by atoms with Crippen LogP contribution in [0.3, 0.4) is 0 Å². The zero-order valence-electron chi connectivity index (χ0n) is 14.0. The Hall–Kier alpha value is -2.39. The van der Waals surface area contributed by atoms with E-state index in [1.807, 2.05) is 23.7 Å². The Balaban J connectivity index is 1.42. The van der Waals surface area contributed by atoms with Gasteiger partial charge in [0.05, 0.1) is 17.4 Å². The van der Waals surface area contributed by atoms with Crippen LogP contribution < -0.4 is 5.56 Å². The van der Waals surface area contributed by atoms with Crippen LogP contribution in [-0.4, -0.2) is 24.7 Å². The summed E-state index contributed by atoms with van der Waals surface area (Å²) in [5.74, 6) is 2.53. The lowest BCUT2D eigenvalue weighted by atomic mass is 10.2. The molecule has 7 nitrogen and oxygen atoms in total. The minimum Gasteiger partial charge on any atom is -0.461 e. The summed E-state index contributed by atoms with van der Waals surface area (Å²) >= 11 is 3.14. The van der Waals surface area contributed by atoms with Gasteiger partial charge in [-0.3, -0.25) is 4.79 Å². The van der Waals surface area contributed by atoms with Crippen LogP contribution >= 0.6 is 23.1 Å². The number of fused-ring (bicyclic) bond motifs is 3. The number of thiophene rings is 1. The third kappa shape index (κ3) is 2.50. The maximum Gasteiger partial charge on any atom is 0.259 e. The number of nitrogens with one attached hydrogen (secondary N) is 1. The minimum absolute atomic E-state index is 0.0285. The van der Waals surface area contributed by atoms with Gasteiger partial charge >= 0.3 is 0 Å². The second-order valence-electron chi connectivity index (χ2n) is 6.18. The lowest BCUT2D eigenvalue weighted by molar-refractivity contribution is 0.572. The van der Waals surface area contributed by atoms with Gasteiger partial charge in [-0.2, -0.15) is 0 Å². The zero-order chi connectivity index (χ0) is 17.7. The number of aryl methyl sites for hydroxylation is 2. The lowest BCUT2D eigenvalue weighted by Gasteiger charge is -2.03. The van der Waals surface area contributed by atoms with Crippen LogP contribution in [0.25, 0.3) is 21.8 Å². The Morgan fingerprint density at radius 1 is 1.38 bits per heavy atom. The molecule has 1 N–H and O–H groups in total.